The lowest BCUT2D eigenvalue weighted by Crippen LogP contribution is -2.43. The van der Waals surface area contributed by atoms with Crippen LogP contribution in [0.2, 0.25) is 0 Å². The van der Waals surface area contributed by atoms with E-state index in [2.05, 4.69) is 52.3 Å². The second-order valence-corrected chi connectivity index (χ2v) is 10.8. The van der Waals surface area contributed by atoms with Gasteiger partial charge >= 0.3 is 0 Å². The van der Waals surface area contributed by atoms with E-state index in [1.807, 2.05) is 10.8 Å². The van der Waals surface area contributed by atoms with Gasteiger partial charge in [0, 0.05) is 62.8 Å². The van der Waals surface area contributed by atoms with E-state index in [1.165, 1.54) is 5.56 Å². The minimum Gasteiger partial charge on any atom is -0.393 e. The van der Waals surface area contributed by atoms with Gasteiger partial charge in [-0.05, 0) is 62.1 Å². The van der Waals surface area contributed by atoms with Crippen molar-refractivity contribution in [3.8, 4) is 0 Å². The Kier molecular flexibility index (Phi) is 7.84. The molecule has 2 N–H and O–H groups in total. The lowest BCUT2D eigenvalue weighted by Gasteiger charge is -2.32. The van der Waals surface area contributed by atoms with Gasteiger partial charge in [-0.3, -0.25) is 14.3 Å². The predicted octanol–water partition coefficient (Wildman–Crippen LogP) is 3.46. The Morgan fingerprint density at radius 2 is 1.83 bits per heavy atom. The SMILES string of the molecule is CCCCNc1ncc2c3ccc(CN4CCN(C)CC4)cc3c(=O)n(CC3CCC(O)CC3)c2n1. The number of piperazine rings is 1. The second kappa shape index (κ2) is 11.2. The highest BCUT2D eigenvalue weighted by atomic mass is 16.3. The minimum absolute atomic E-state index is 0.0297. The molecule has 3 heterocycles. The van der Waals surface area contributed by atoms with Gasteiger partial charge in [0.15, 0.2) is 0 Å². The smallest absolute Gasteiger partial charge is 0.260 e. The number of pyridine rings is 1. The van der Waals surface area contributed by atoms with Gasteiger partial charge in [-0.15, -0.1) is 0 Å². The van der Waals surface area contributed by atoms with Crippen LogP contribution in [-0.4, -0.2) is 75.3 Å². The molecule has 1 saturated heterocycles. The summed E-state index contributed by atoms with van der Waals surface area (Å²) in [6.45, 7) is 8.71. The number of fused-ring (bicyclic) bond motifs is 3. The number of rotatable bonds is 8. The Labute approximate surface area is 213 Å². The Morgan fingerprint density at radius 3 is 2.58 bits per heavy atom. The molecule has 0 atom stereocenters. The van der Waals surface area contributed by atoms with E-state index in [9.17, 15) is 9.90 Å². The van der Waals surface area contributed by atoms with Crippen molar-refractivity contribution < 1.29 is 5.11 Å². The first-order chi connectivity index (χ1) is 17.5. The van der Waals surface area contributed by atoms with E-state index in [-0.39, 0.29) is 11.7 Å². The standard InChI is InChI=1S/C28H40N6O2/c1-3-4-11-29-28-30-17-25-23-10-7-21(18-33-14-12-32(2)13-15-33)16-24(23)27(36)34(26(25)31-28)19-20-5-8-22(35)9-6-20/h7,10,16-17,20,22,35H,3-6,8-9,11-15,18-19H2,1-2H3,(H,29,30,31). The van der Waals surface area contributed by atoms with Crippen LogP contribution >= 0.6 is 0 Å². The molecule has 1 aliphatic heterocycles. The zero-order valence-electron chi connectivity index (χ0n) is 21.7. The molecule has 8 nitrogen and oxygen atoms in total. The molecule has 0 radical (unpaired) electrons. The summed E-state index contributed by atoms with van der Waals surface area (Å²) in [5.41, 5.74) is 1.91. The number of hydrogen-bond acceptors (Lipinski definition) is 7. The number of nitrogens with one attached hydrogen (secondary N) is 1. The van der Waals surface area contributed by atoms with Gasteiger partial charge in [-0.2, -0.15) is 4.98 Å². The van der Waals surface area contributed by atoms with E-state index in [0.717, 1.165) is 94.0 Å². The third-order valence-electron chi connectivity index (χ3n) is 7.95. The van der Waals surface area contributed by atoms with Crippen molar-refractivity contribution in [2.75, 3.05) is 45.1 Å². The molecule has 3 aromatic rings. The molecule has 2 aliphatic rings. The fourth-order valence-corrected chi connectivity index (χ4v) is 5.59. The summed E-state index contributed by atoms with van der Waals surface area (Å²) in [4.78, 5) is 28.2. The average molecular weight is 493 g/mol. The van der Waals surface area contributed by atoms with Crippen LogP contribution in [0.15, 0.2) is 29.2 Å². The maximum atomic E-state index is 14.0. The molecule has 5 rings (SSSR count). The summed E-state index contributed by atoms with van der Waals surface area (Å²) in [5, 5.41) is 15.9. The van der Waals surface area contributed by atoms with E-state index >= 15 is 0 Å². The molecule has 1 aliphatic carbocycles. The van der Waals surface area contributed by atoms with E-state index in [1.54, 1.807) is 0 Å². The van der Waals surface area contributed by atoms with Gasteiger partial charge in [0.05, 0.1) is 6.10 Å². The number of hydrogen-bond donors (Lipinski definition) is 2. The van der Waals surface area contributed by atoms with Gasteiger partial charge in [0.1, 0.15) is 5.65 Å². The Bertz CT molecular complexity index is 1240. The number of anilines is 1. The van der Waals surface area contributed by atoms with Crippen LogP contribution in [-0.2, 0) is 13.1 Å². The first-order valence-corrected chi connectivity index (χ1v) is 13.7. The summed E-state index contributed by atoms with van der Waals surface area (Å²) < 4.78 is 1.88. The van der Waals surface area contributed by atoms with Crippen LogP contribution in [0.1, 0.15) is 51.0 Å². The normalized spacial score (nSPS) is 21.9. The topological polar surface area (TPSA) is 86.5 Å². The number of aromatic nitrogens is 3. The van der Waals surface area contributed by atoms with Crippen LogP contribution in [0.3, 0.4) is 0 Å². The van der Waals surface area contributed by atoms with Gasteiger partial charge < -0.3 is 15.3 Å². The number of likely N-dealkylation sites (N-methyl/N-ethyl adjacent to an activating group) is 1. The lowest BCUT2D eigenvalue weighted by molar-refractivity contribution is 0.104. The molecular weight excluding hydrogens is 452 g/mol. The molecule has 1 saturated carbocycles. The maximum absolute atomic E-state index is 14.0. The first kappa shape index (κ1) is 25.1. The Morgan fingerprint density at radius 1 is 1.06 bits per heavy atom. The van der Waals surface area contributed by atoms with Crippen LogP contribution in [0.5, 0.6) is 0 Å². The fourth-order valence-electron chi connectivity index (χ4n) is 5.59. The van der Waals surface area contributed by atoms with Gasteiger partial charge in [-0.1, -0.05) is 25.5 Å². The van der Waals surface area contributed by atoms with Crippen LogP contribution in [0.4, 0.5) is 5.95 Å². The van der Waals surface area contributed by atoms with E-state index < -0.39 is 0 Å². The molecule has 0 bridgehead atoms. The lowest BCUT2D eigenvalue weighted by atomic mass is 9.87. The number of nitrogens with zero attached hydrogens (tertiary/aromatic N) is 5. The van der Waals surface area contributed by atoms with Crippen molar-refractivity contribution in [2.24, 2.45) is 5.92 Å². The summed E-state index contributed by atoms with van der Waals surface area (Å²) >= 11 is 0. The predicted molar refractivity (Wildman–Crippen MR) is 145 cm³/mol. The van der Waals surface area contributed by atoms with Gasteiger partial charge in [0.25, 0.3) is 5.56 Å². The van der Waals surface area contributed by atoms with Crippen molar-refractivity contribution in [3.05, 3.63) is 40.3 Å². The third kappa shape index (κ3) is 5.56. The quantitative estimate of drug-likeness (QED) is 0.368. The summed E-state index contributed by atoms with van der Waals surface area (Å²) in [6.07, 6.45) is 7.29. The van der Waals surface area contributed by atoms with Crippen molar-refractivity contribution in [2.45, 2.75) is 64.6 Å². The molecule has 1 aromatic carbocycles. The van der Waals surface area contributed by atoms with Crippen LogP contribution in [0.25, 0.3) is 21.8 Å². The Balaban J connectivity index is 1.53. The third-order valence-corrected chi connectivity index (χ3v) is 7.95. The number of unbranched alkanes of at least 4 members (excludes halogenated alkanes) is 1. The highest BCUT2D eigenvalue weighted by Crippen LogP contribution is 2.28. The maximum Gasteiger partial charge on any atom is 0.260 e. The zero-order valence-corrected chi connectivity index (χ0v) is 21.7. The molecule has 2 aromatic heterocycles. The number of aliphatic hydroxyl groups is 1. The molecule has 0 amide bonds. The van der Waals surface area contributed by atoms with Crippen molar-refractivity contribution in [1.29, 1.82) is 0 Å². The first-order valence-electron chi connectivity index (χ1n) is 13.7. The van der Waals surface area contributed by atoms with Gasteiger partial charge in [0.2, 0.25) is 5.95 Å². The Hall–Kier alpha value is -2.55. The van der Waals surface area contributed by atoms with Crippen LogP contribution < -0.4 is 10.9 Å². The molecule has 194 valence electrons. The van der Waals surface area contributed by atoms with Crippen molar-refractivity contribution >= 4 is 27.8 Å². The van der Waals surface area contributed by atoms with E-state index in [0.29, 0.717) is 24.1 Å². The number of benzene rings is 1. The molecule has 0 unspecified atom stereocenters. The minimum atomic E-state index is -0.208. The van der Waals surface area contributed by atoms with E-state index in [4.69, 9.17) is 4.98 Å². The second-order valence-electron chi connectivity index (χ2n) is 10.8. The highest BCUT2D eigenvalue weighted by molar-refractivity contribution is 6.04. The molecule has 2 fully saturated rings. The summed E-state index contributed by atoms with van der Waals surface area (Å²) in [6, 6.07) is 6.32. The molecule has 8 heteroatoms. The highest BCUT2D eigenvalue weighted by Gasteiger charge is 2.23. The summed E-state index contributed by atoms with van der Waals surface area (Å²) in [7, 11) is 2.17. The fraction of sp³-hybridized carbons (Fsp3) is 0.607. The number of aliphatic hydroxyl groups excluding tert-OH is 1. The van der Waals surface area contributed by atoms with Crippen molar-refractivity contribution in [1.82, 2.24) is 24.3 Å². The molecule has 0 spiro atoms. The zero-order chi connectivity index (χ0) is 25.1. The van der Waals surface area contributed by atoms with Gasteiger partial charge in [-0.25, -0.2) is 4.98 Å². The average Bonchev–Trinajstić information content (AvgIpc) is 2.89. The monoisotopic (exact) mass is 492 g/mol. The largest absolute Gasteiger partial charge is 0.393 e. The van der Waals surface area contributed by atoms with Crippen LogP contribution in [0, 0.1) is 5.92 Å². The van der Waals surface area contributed by atoms with Crippen molar-refractivity contribution in [3.63, 3.8) is 0 Å². The molecular formula is C28H40N6O2. The summed E-state index contributed by atoms with van der Waals surface area (Å²) in [5.74, 6) is 0.945. The molecule has 36 heavy (non-hydrogen) atoms.